The maximum atomic E-state index is 12.6. The normalized spacial score (nSPS) is 26.2. The Morgan fingerprint density at radius 3 is 1.89 bits per heavy atom. The first kappa shape index (κ1) is 27.9. The third-order valence-corrected chi connectivity index (χ3v) is 11.5. The number of ether oxygens (including phenoxy) is 4. The molecule has 0 aliphatic carbocycles. The number of hydrogen-bond acceptors (Lipinski definition) is 7. The maximum absolute atomic E-state index is 12.6. The summed E-state index contributed by atoms with van der Waals surface area (Å²) < 4.78 is 30.4. The molecule has 202 valence electrons. The van der Waals surface area contributed by atoms with E-state index in [1.54, 1.807) is 27.7 Å². The summed E-state index contributed by atoms with van der Waals surface area (Å²) in [5.74, 6) is -3.07. The van der Waals surface area contributed by atoms with Crippen LogP contribution in [0.2, 0.25) is 5.04 Å². The van der Waals surface area contributed by atoms with E-state index in [4.69, 9.17) is 28.4 Å². The summed E-state index contributed by atoms with van der Waals surface area (Å²) in [6.07, 6.45) is -3.73. The van der Waals surface area contributed by atoms with Crippen LogP contribution in [0.3, 0.4) is 0 Å². The summed E-state index contributed by atoms with van der Waals surface area (Å²) in [5, 5.41) is 11.8. The number of aliphatic carboxylic acids is 1. The third kappa shape index (κ3) is 5.68. The lowest BCUT2D eigenvalue weighted by Gasteiger charge is -2.42. The molecular weight excluding hydrogens is 492 g/mol. The minimum absolute atomic E-state index is 0.246. The molecule has 2 saturated heterocycles. The van der Waals surface area contributed by atoms with E-state index in [9.17, 15) is 9.90 Å². The molecule has 9 heteroatoms. The zero-order valence-corrected chi connectivity index (χ0v) is 23.6. The molecule has 2 aromatic carbocycles. The molecule has 0 aromatic heterocycles. The summed E-state index contributed by atoms with van der Waals surface area (Å²) in [6.45, 7) is 13.6. The predicted molar refractivity (Wildman–Crippen MR) is 140 cm³/mol. The fourth-order valence-corrected chi connectivity index (χ4v) is 9.26. The fourth-order valence-electron chi connectivity index (χ4n) is 5.18. The molecule has 2 aliphatic heterocycles. The standard InChI is InChI=1S/C28H38O8Si/c1-26(2,3)37(19-14-10-8-11-15-19,20-16-12-9-13-17-20)36-35-24(25(29)30)23-22(33-28(6,7)34-23)21-18-31-27(4,5)32-21/h8-17,21-24H,18H2,1-7H3,(H,29,30)/t21-,22-,23+,24-/m1/s1. The van der Waals surface area contributed by atoms with Crippen LogP contribution >= 0.6 is 0 Å². The van der Waals surface area contributed by atoms with Crippen molar-refractivity contribution in [3.63, 3.8) is 0 Å². The number of benzene rings is 2. The number of hydrogen-bond donors (Lipinski definition) is 1. The molecule has 0 unspecified atom stereocenters. The lowest BCUT2D eigenvalue weighted by atomic mass is 10.0. The van der Waals surface area contributed by atoms with Gasteiger partial charge in [-0.3, -0.25) is 4.58 Å². The smallest absolute Gasteiger partial charge is 0.339 e. The van der Waals surface area contributed by atoms with Crippen molar-refractivity contribution in [1.82, 2.24) is 0 Å². The Bertz CT molecular complexity index is 1030. The van der Waals surface area contributed by atoms with Gasteiger partial charge in [0.25, 0.3) is 0 Å². The van der Waals surface area contributed by atoms with E-state index in [1.165, 1.54) is 0 Å². The van der Waals surface area contributed by atoms with E-state index in [0.29, 0.717) is 0 Å². The van der Waals surface area contributed by atoms with Gasteiger partial charge in [-0.15, -0.1) is 0 Å². The lowest BCUT2D eigenvalue weighted by Crippen LogP contribution is -2.67. The topological polar surface area (TPSA) is 92.7 Å². The van der Waals surface area contributed by atoms with Gasteiger partial charge in [0.1, 0.15) is 18.3 Å². The highest BCUT2D eigenvalue weighted by atomic mass is 28.4. The molecule has 0 bridgehead atoms. The molecule has 8 nitrogen and oxygen atoms in total. The van der Waals surface area contributed by atoms with Crippen LogP contribution in [-0.2, 0) is 33.2 Å². The molecule has 37 heavy (non-hydrogen) atoms. The van der Waals surface area contributed by atoms with Crippen molar-refractivity contribution in [3.05, 3.63) is 60.7 Å². The molecule has 2 aliphatic rings. The summed E-state index contributed by atoms with van der Waals surface area (Å²) in [6, 6.07) is 19.7. The molecule has 0 radical (unpaired) electrons. The second-order valence-corrected chi connectivity index (χ2v) is 15.7. The molecular formula is C28H38O8Si. The van der Waals surface area contributed by atoms with E-state index >= 15 is 0 Å². The quantitative estimate of drug-likeness (QED) is 0.314. The van der Waals surface area contributed by atoms with Crippen molar-refractivity contribution in [3.8, 4) is 0 Å². The lowest BCUT2D eigenvalue weighted by molar-refractivity contribution is -0.280. The average Bonchev–Trinajstić information content (AvgIpc) is 3.34. The van der Waals surface area contributed by atoms with E-state index in [1.807, 2.05) is 60.7 Å². The van der Waals surface area contributed by atoms with E-state index in [-0.39, 0.29) is 6.61 Å². The number of carbonyl (C=O) groups is 1. The predicted octanol–water partition coefficient (Wildman–Crippen LogP) is 3.62. The van der Waals surface area contributed by atoms with E-state index < -0.39 is 55.3 Å². The van der Waals surface area contributed by atoms with Crippen LogP contribution in [0.15, 0.2) is 60.7 Å². The molecule has 2 heterocycles. The summed E-state index contributed by atoms with van der Waals surface area (Å²) in [5.41, 5.74) is 0. The van der Waals surface area contributed by atoms with Crippen LogP contribution in [0, 0.1) is 0 Å². The zero-order valence-electron chi connectivity index (χ0n) is 22.6. The van der Waals surface area contributed by atoms with Crippen molar-refractivity contribution in [2.45, 2.75) is 89.5 Å². The molecule has 2 aromatic rings. The van der Waals surface area contributed by atoms with Gasteiger partial charge in [-0.05, 0) is 43.1 Å². The second-order valence-electron chi connectivity index (χ2n) is 11.5. The Hall–Kier alpha value is -2.11. The van der Waals surface area contributed by atoms with Crippen LogP contribution in [0.25, 0.3) is 0 Å². The number of carboxylic acids is 1. The Morgan fingerprint density at radius 1 is 0.919 bits per heavy atom. The summed E-state index contributed by atoms with van der Waals surface area (Å²) >= 11 is 0. The summed E-state index contributed by atoms with van der Waals surface area (Å²) in [7, 11) is -3.16. The Kier molecular flexibility index (Phi) is 7.71. The first-order chi connectivity index (χ1) is 17.3. The third-order valence-electron chi connectivity index (χ3n) is 6.80. The van der Waals surface area contributed by atoms with Gasteiger partial charge in [0.05, 0.1) is 6.61 Å². The highest BCUT2D eigenvalue weighted by Gasteiger charge is 2.57. The molecule has 4 atom stereocenters. The van der Waals surface area contributed by atoms with Gasteiger partial charge in [-0.1, -0.05) is 81.4 Å². The highest BCUT2D eigenvalue weighted by molar-refractivity contribution is 6.99. The van der Waals surface area contributed by atoms with Crippen molar-refractivity contribution >= 4 is 24.7 Å². The van der Waals surface area contributed by atoms with Crippen molar-refractivity contribution in [2.24, 2.45) is 0 Å². The molecule has 2 fully saturated rings. The zero-order chi connectivity index (χ0) is 27.1. The van der Waals surface area contributed by atoms with Gasteiger partial charge in [0.2, 0.25) is 6.10 Å². The highest BCUT2D eigenvalue weighted by Crippen LogP contribution is 2.40. The van der Waals surface area contributed by atoms with Crippen LogP contribution in [0.4, 0.5) is 0 Å². The molecule has 4 rings (SSSR count). The van der Waals surface area contributed by atoms with Crippen LogP contribution in [-0.4, -0.2) is 62.0 Å². The average molecular weight is 531 g/mol. The largest absolute Gasteiger partial charge is 0.479 e. The van der Waals surface area contributed by atoms with Crippen molar-refractivity contribution in [1.29, 1.82) is 0 Å². The van der Waals surface area contributed by atoms with Gasteiger partial charge in [0, 0.05) is 0 Å². The van der Waals surface area contributed by atoms with E-state index in [2.05, 4.69) is 20.8 Å². The number of carboxylic acid groups (broad SMARTS) is 1. The molecule has 0 saturated carbocycles. The first-order valence-corrected chi connectivity index (χ1v) is 14.5. The van der Waals surface area contributed by atoms with Crippen LogP contribution < -0.4 is 10.4 Å². The minimum Gasteiger partial charge on any atom is -0.479 e. The Labute approximate surface area is 219 Å². The van der Waals surface area contributed by atoms with Gasteiger partial charge >= 0.3 is 14.3 Å². The second kappa shape index (κ2) is 10.2. The molecule has 0 amide bonds. The Balaban J connectivity index is 1.71. The van der Waals surface area contributed by atoms with Gasteiger partial charge in [-0.25, -0.2) is 9.68 Å². The van der Waals surface area contributed by atoms with Crippen molar-refractivity contribution < 1.29 is 38.3 Å². The minimum atomic E-state index is -3.16. The number of rotatable bonds is 8. The Morgan fingerprint density at radius 2 is 1.46 bits per heavy atom. The van der Waals surface area contributed by atoms with Gasteiger partial charge in [-0.2, -0.15) is 0 Å². The van der Waals surface area contributed by atoms with Crippen LogP contribution in [0.5, 0.6) is 0 Å². The maximum Gasteiger partial charge on any atom is 0.339 e. The van der Waals surface area contributed by atoms with Crippen LogP contribution in [0.1, 0.15) is 48.5 Å². The van der Waals surface area contributed by atoms with Gasteiger partial charge in [0.15, 0.2) is 11.6 Å². The SMILES string of the molecule is CC1(C)O[C@H]([C@H]2COC(C)(C)O2)[C@@H]([C@@H](OO[Si](c2ccccc2)(c2ccccc2)C(C)(C)C)C(=O)O)O1. The fraction of sp³-hybridized carbons (Fsp3) is 0.536. The summed E-state index contributed by atoms with van der Waals surface area (Å²) in [4.78, 5) is 18.6. The monoisotopic (exact) mass is 530 g/mol. The van der Waals surface area contributed by atoms with Gasteiger partial charge < -0.3 is 24.1 Å². The molecule has 1 N–H and O–H groups in total. The molecule has 0 spiro atoms. The first-order valence-electron chi connectivity index (χ1n) is 12.6. The van der Waals surface area contributed by atoms with Crippen molar-refractivity contribution in [2.75, 3.05) is 6.61 Å². The van der Waals surface area contributed by atoms with E-state index in [0.717, 1.165) is 10.4 Å².